The smallest absolute Gasteiger partial charge is 0.262 e. The Labute approximate surface area is 206 Å². The number of imide groups is 1. The van der Waals surface area contributed by atoms with Crippen molar-refractivity contribution in [1.82, 2.24) is 19.8 Å². The number of carbonyl (C=O) groups excluding carboxylic acids is 3. The fourth-order valence-corrected chi connectivity index (χ4v) is 5.52. The molecule has 1 aromatic carbocycles. The summed E-state index contributed by atoms with van der Waals surface area (Å²) >= 11 is 0. The van der Waals surface area contributed by atoms with Gasteiger partial charge in [-0.05, 0) is 75.5 Å². The second kappa shape index (κ2) is 10.7. The van der Waals surface area contributed by atoms with Crippen molar-refractivity contribution in [2.45, 2.75) is 78.2 Å². The predicted octanol–water partition coefficient (Wildman–Crippen LogP) is 3.29. The molecular formula is C27H36N4O4. The molecule has 1 atom stereocenters. The number of rotatable bonds is 7. The first-order valence-corrected chi connectivity index (χ1v) is 13.0. The van der Waals surface area contributed by atoms with E-state index in [4.69, 9.17) is 0 Å². The topological polar surface area (TPSA) is 101 Å². The summed E-state index contributed by atoms with van der Waals surface area (Å²) in [6, 6.07) is 5.09. The van der Waals surface area contributed by atoms with Crippen molar-refractivity contribution >= 4 is 28.6 Å². The standard InChI is InChI=1S/C27H36N4O4/c1-4-20(5-2)26(34)30-14-12-18(13-15-30)6-7-19-8-9-22-21(16-19)27(35)31(17(3)28-22)23-10-11-24(32)29-25(23)33/h8-9,16,18,20,23H,4-7,10-15H2,1-3H3,(H,29,32,33). The molecule has 2 aliphatic rings. The number of amides is 3. The summed E-state index contributed by atoms with van der Waals surface area (Å²) in [6.07, 6.45) is 6.21. The molecule has 0 spiro atoms. The third-order valence-corrected chi connectivity index (χ3v) is 7.77. The number of hydrogen-bond acceptors (Lipinski definition) is 5. The summed E-state index contributed by atoms with van der Waals surface area (Å²) in [7, 11) is 0. The minimum Gasteiger partial charge on any atom is -0.342 e. The van der Waals surface area contributed by atoms with Gasteiger partial charge in [-0.1, -0.05) is 19.9 Å². The van der Waals surface area contributed by atoms with Gasteiger partial charge >= 0.3 is 0 Å². The Morgan fingerprint density at radius 2 is 1.83 bits per heavy atom. The molecular weight excluding hydrogens is 444 g/mol. The molecule has 2 aliphatic heterocycles. The Bertz CT molecular complexity index is 1180. The number of nitrogens with one attached hydrogen (secondary N) is 1. The van der Waals surface area contributed by atoms with Crippen LogP contribution in [-0.2, 0) is 20.8 Å². The van der Waals surface area contributed by atoms with Crippen molar-refractivity contribution in [2.75, 3.05) is 13.1 Å². The van der Waals surface area contributed by atoms with Crippen LogP contribution in [0.5, 0.6) is 0 Å². The Hall–Kier alpha value is -3.03. The number of likely N-dealkylation sites (tertiary alicyclic amines) is 1. The van der Waals surface area contributed by atoms with E-state index in [9.17, 15) is 19.2 Å². The van der Waals surface area contributed by atoms with Gasteiger partial charge in [0, 0.05) is 25.4 Å². The SMILES string of the molecule is CCC(CC)C(=O)N1CCC(CCc2ccc3nc(C)n(C4CCC(=O)NC4=O)c(=O)c3c2)CC1. The zero-order valence-electron chi connectivity index (χ0n) is 21.0. The summed E-state index contributed by atoms with van der Waals surface area (Å²) in [4.78, 5) is 56.5. The Kier molecular flexibility index (Phi) is 7.67. The van der Waals surface area contributed by atoms with Gasteiger partial charge < -0.3 is 4.90 Å². The molecule has 35 heavy (non-hydrogen) atoms. The van der Waals surface area contributed by atoms with E-state index in [1.165, 1.54) is 4.57 Å². The van der Waals surface area contributed by atoms with E-state index in [0.717, 1.165) is 57.2 Å². The summed E-state index contributed by atoms with van der Waals surface area (Å²) in [5.41, 5.74) is 1.45. The normalized spacial score (nSPS) is 19.4. The minimum absolute atomic E-state index is 0.144. The zero-order valence-corrected chi connectivity index (χ0v) is 21.0. The molecule has 8 nitrogen and oxygen atoms in total. The van der Waals surface area contributed by atoms with Crippen LogP contribution in [0.15, 0.2) is 23.0 Å². The van der Waals surface area contributed by atoms with Crippen LogP contribution in [0.25, 0.3) is 10.9 Å². The van der Waals surface area contributed by atoms with Gasteiger partial charge in [-0.25, -0.2) is 4.98 Å². The van der Waals surface area contributed by atoms with Crippen molar-refractivity contribution < 1.29 is 14.4 Å². The number of aromatic nitrogens is 2. The third-order valence-electron chi connectivity index (χ3n) is 7.77. The maximum atomic E-state index is 13.4. The lowest BCUT2D eigenvalue weighted by molar-refractivity contribution is -0.137. The average Bonchev–Trinajstić information content (AvgIpc) is 2.85. The molecule has 2 fully saturated rings. The first-order valence-electron chi connectivity index (χ1n) is 13.0. The summed E-state index contributed by atoms with van der Waals surface area (Å²) in [6.45, 7) is 7.55. The van der Waals surface area contributed by atoms with Gasteiger partial charge in [0.2, 0.25) is 17.7 Å². The Morgan fingerprint density at radius 1 is 1.11 bits per heavy atom. The second-order valence-electron chi connectivity index (χ2n) is 9.97. The second-order valence-corrected chi connectivity index (χ2v) is 9.97. The van der Waals surface area contributed by atoms with Crippen molar-refractivity contribution in [3.63, 3.8) is 0 Å². The van der Waals surface area contributed by atoms with Gasteiger partial charge in [0.05, 0.1) is 10.9 Å². The van der Waals surface area contributed by atoms with E-state index in [-0.39, 0.29) is 23.8 Å². The molecule has 2 saturated heterocycles. The lowest BCUT2D eigenvalue weighted by atomic mass is 9.89. The molecule has 0 aliphatic carbocycles. The quantitative estimate of drug-likeness (QED) is 0.613. The van der Waals surface area contributed by atoms with Crippen molar-refractivity contribution in [3.05, 3.63) is 39.9 Å². The van der Waals surface area contributed by atoms with Gasteiger partial charge in [0.25, 0.3) is 5.56 Å². The Balaban J connectivity index is 1.44. The van der Waals surface area contributed by atoms with E-state index in [2.05, 4.69) is 24.1 Å². The third kappa shape index (κ3) is 5.31. The highest BCUT2D eigenvalue weighted by atomic mass is 16.2. The van der Waals surface area contributed by atoms with Gasteiger partial charge in [0.1, 0.15) is 11.9 Å². The van der Waals surface area contributed by atoms with Crippen molar-refractivity contribution in [1.29, 1.82) is 0 Å². The van der Waals surface area contributed by atoms with Crippen LogP contribution in [0, 0.1) is 18.8 Å². The molecule has 1 aromatic heterocycles. The summed E-state index contributed by atoms with van der Waals surface area (Å²) in [5.74, 6) is 0.729. The summed E-state index contributed by atoms with van der Waals surface area (Å²) in [5, 5.41) is 2.83. The number of fused-ring (bicyclic) bond motifs is 1. The highest BCUT2D eigenvalue weighted by Gasteiger charge is 2.30. The van der Waals surface area contributed by atoms with Crippen LogP contribution in [0.1, 0.15) is 76.2 Å². The number of hydrogen-bond donors (Lipinski definition) is 1. The van der Waals surface area contributed by atoms with Crippen molar-refractivity contribution in [2.24, 2.45) is 11.8 Å². The van der Waals surface area contributed by atoms with Gasteiger partial charge in [-0.3, -0.25) is 29.1 Å². The number of aryl methyl sites for hydroxylation is 2. The van der Waals surface area contributed by atoms with Crippen molar-refractivity contribution in [3.8, 4) is 0 Å². The molecule has 0 radical (unpaired) electrons. The molecule has 1 N–H and O–H groups in total. The molecule has 0 bridgehead atoms. The fraction of sp³-hybridized carbons (Fsp3) is 0.593. The fourth-order valence-electron chi connectivity index (χ4n) is 5.52. The summed E-state index contributed by atoms with van der Waals surface area (Å²) < 4.78 is 1.43. The average molecular weight is 481 g/mol. The van der Waals surface area contributed by atoms with Crippen LogP contribution in [0.4, 0.5) is 0 Å². The molecule has 3 heterocycles. The molecule has 3 amide bonds. The first kappa shape index (κ1) is 25.1. The lowest BCUT2D eigenvalue weighted by Crippen LogP contribution is -2.45. The molecule has 0 saturated carbocycles. The molecule has 1 unspecified atom stereocenters. The van der Waals surface area contributed by atoms with Gasteiger partial charge in [-0.2, -0.15) is 0 Å². The molecule has 4 rings (SSSR count). The molecule has 188 valence electrons. The number of benzene rings is 1. The van der Waals surface area contributed by atoms with Crippen LogP contribution in [-0.4, -0.2) is 45.3 Å². The van der Waals surface area contributed by atoms with E-state index in [1.54, 1.807) is 6.92 Å². The molecule has 2 aromatic rings. The van der Waals surface area contributed by atoms with Crippen LogP contribution < -0.4 is 10.9 Å². The predicted molar refractivity (Wildman–Crippen MR) is 134 cm³/mol. The van der Waals surface area contributed by atoms with E-state index >= 15 is 0 Å². The number of nitrogens with zero attached hydrogens (tertiary/aromatic N) is 3. The van der Waals surface area contributed by atoms with Crippen LogP contribution >= 0.6 is 0 Å². The van der Waals surface area contributed by atoms with E-state index in [0.29, 0.717) is 35.0 Å². The lowest BCUT2D eigenvalue weighted by Gasteiger charge is -2.34. The van der Waals surface area contributed by atoms with Crippen LogP contribution in [0.3, 0.4) is 0 Å². The maximum absolute atomic E-state index is 13.4. The Morgan fingerprint density at radius 3 is 2.49 bits per heavy atom. The van der Waals surface area contributed by atoms with Gasteiger partial charge in [0.15, 0.2) is 0 Å². The van der Waals surface area contributed by atoms with E-state index < -0.39 is 11.9 Å². The largest absolute Gasteiger partial charge is 0.342 e. The molecule has 8 heteroatoms. The monoisotopic (exact) mass is 480 g/mol. The highest BCUT2D eigenvalue weighted by molar-refractivity contribution is 5.99. The highest BCUT2D eigenvalue weighted by Crippen LogP contribution is 2.26. The number of carbonyl (C=O) groups is 3. The van der Waals surface area contributed by atoms with Gasteiger partial charge in [-0.15, -0.1) is 0 Å². The van der Waals surface area contributed by atoms with E-state index in [1.807, 2.05) is 23.1 Å². The maximum Gasteiger partial charge on any atom is 0.262 e. The minimum atomic E-state index is -0.714. The van der Waals surface area contributed by atoms with Crippen LogP contribution in [0.2, 0.25) is 0 Å². The number of piperidine rings is 2. The first-order chi connectivity index (χ1) is 16.8. The zero-order chi connectivity index (χ0) is 25.1.